The highest BCUT2D eigenvalue weighted by molar-refractivity contribution is 5.92. The lowest BCUT2D eigenvalue weighted by Crippen LogP contribution is -2.38. The van der Waals surface area contributed by atoms with Gasteiger partial charge in [0.15, 0.2) is 6.61 Å². The van der Waals surface area contributed by atoms with Gasteiger partial charge in [0.05, 0.1) is 6.26 Å². The van der Waals surface area contributed by atoms with E-state index in [1.54, 1.807) is 17.9 Å². The van der Waals surface area contributed by atoms with E-state index in [9.17, 15) is 9.59 Å². The average Bonchev–Trinajstić information content (AvgIpc) is 2.98. The second-order valence-corrected chi connectivity index (χ2v) is 5.30. The Morgan fingerprint density at radius 3 is 2.73 bits per heavy atom. The van der Waals surface area contributed by atoms with Crippen molar-refractivity contribution in [3.8, 4) is 0 Å². The van der Waals surface area contributed by atoms with Gasteiger partial charge in [-0.3, -0.25) is 4.79 Å². The first-order chi connectivity index (χ1) is 10.6. The summed E-state index contributed by atoms with van der Waals surface area (Å²) < 4.78 is 10.1. The average molecular weight is 299 g/mol. The maximum Gasteiger partial charge on any atom is 0.342 e. The summed E-state index contributed by atoms with van der Waals surface area (Å²) in [7, 11) is 0. The Morgan fingerprint density at radius 1 is 1.23 bits per heavy atom. The number of carbonyl (C=O) groups excluding carboxylic acids is 2. The van der Waals surface area contributed by atoms with Crippen molar-refractivity contribution in [1.29, 1.82) is 0 Å². The van der Waals surface area contributed by atoms with Crippen molar-refractivity contribution in [3.05, 3.63) is 59.0 Å². The fourth-order valence-corrected chi connectivity index (χ4v) is 2.60. The Hall–Kier alpha value is -2.56. The number of benzene rings is 1. The van der Waals surface area contributed by atoms with Crippen LogP contribution in [0.25, 0.3) is 0 Å². The van der Waals surface area contributed by atoms with Gasteiger partial charge in [-0.15, -0.1) is 0 Å². The van der Waals surface area contributed by atoms with Crippen molar-refractivity contribution in [3.63, 3.8) is 0 Å². The first-order valence-corrected chi connectivity index (χ1v) is 7.21. The molecule has 2 aromatic rings. The van der Waals surface area contributed by atoms with Crippen molar-refractivity contribution >= 4 is 11.9 Å². The largest absolute Gasteiger partial charge is 0.469 e. The highest BCUT2D eigenvalue weighted by Crippen LogP contribution is 2.18. The van der Waals surface area contributed by atoms with Gasteiger partial charge in [0.25, 0.3) is 5.91 Å². The standard InChI is InChI=1S/C17H17NO4/c1-12-15(7-9-21-12)17(20)22-11-16(19)18-8-6-13-4-2-3-5-14(13)10-18/h2-5,7,9H,6,8,10-11H2,1H3. The molecule has 0 fully saturated rings. The van der Waals surface area contributed by atoms with E-state index in [1.165, 1.54) is 11.8 Å². The Balaban J connectivity index is 1.57. The van der Waals surface area contributed by atoms with E-state index < -0.39 is 5.97 Å². The smallest absolute Gasteiger partial charge is 0.342 e. The number of amides is 1. The molecule has 22 heavy (non-hydrogen) atoms. The van der Waals surface area contributed by atoms with Crippen molar-refractivity contribution in [2.75, 3.05) is 13.2 Å². The fourth-order valence-electron chi connectivity index (χ4n) is 2.60. The molecule has 0 saturated heterocycles. The summed E-state index contributed by atoms with van der Waals surface area (Å²) in [4.78, 5) is 25.8. The zero-order chi connectivity index (χ0) is 15.5. The molecule has 2 heterocycles. The van der Waals surface area contributed by atoms with Gasteiger partial charge in [0, 0.05) is 13.1 Å². The summed E-state index contributed by atoms with van der Waals surface area (Å²) >= 11 is 0. The summed E-state index contributed by atoms with van der Waals surface area (Å²) in [6.07, 6.45) is 2.26. The molecule has 0 spiro atoms. The first kappa shape index (κ1) is 14.4. The molecule has 5 heteroatoms. The zero-order valence-corrected chi connectivity index (χ0v) is 12.4. The SMILES string of the molecule is Cc1occc1C(=O)OCC(=O)N1CCc2ccccc2C1. The molecule has 1 aromatic heterocycles. The van der Waals surface area contributed by atoms with Crippen LogP contribution >= 0.6 is 0 Å². The third-order valence-corrected chi connectivity index (χ3v) is 3.89. The summed E-state index contributed by atoms with van der Waals surface area (Å²) in [6, 6.07) is 9.62. The van der Waals surface area contributed by atoms with Gasteiger partial charge in [-0.05, 0) is 30.5 Å². The van der Waals surface area contributed by atoms with E-state index in [0.717, 1.165) is 12.0 Å². The molecular weight excluding hydrogens is 282 g/mol. The molecule has 3 rings (SSSR count). The van der Waals surface area contributed by atoms with Crippen LogP contribution in [0.3, 0.4) is 0 Å². The van der Waals surface area contributed by atoms with E-state index in [4.69, 9.17) is 9.15 Å². The van der Waals surface area contributed by atoms with Crippen LogP contribution in [0.4, 0.5) is 0 Å². The van der Waals surface area contributed by atoms with Crippen LogP contribution in [-0.2, 0) is 22.5 Å². The van der Waals surface area contributed by atoms with Crippen LogP contribution in [0.1, 0.15) is 27.2 Å². The third-order valence-electron chi connectivity index (χ3n) is 3.89. The molecule has 0 bridgehead atoms. The Morgan fingerprint density at radius 2 is 2.00 bits per heavy atom. The van der Waals surface area contributed by atoms with E-state index in [1.807, 2.05) is 18.2 Å². The van der Waals surface area contributed by atoms with Crippen molar-refractivity contribution in [1.82, 2.24) is 4.90 Å². The van der Waals surface area contributed by atoms with Crippen LogP contribution in [0.2, 0.25) is 0 Å². The molecule has 0 unspecified atom stereocenters. The maximum absolute atomic E-state index is 12.2. The minimum atomic E-state index is -0.531. The van der Waals surface area contributed by atoms with Gasteiger partial charge in [-0.2, -0.15) is 0 Å². The maximum atomic E-state index is 12.2. The molecule has 1 aromatic carbocycles. The van der Waals surface area contributed by atoms with Gasteiger partial charge >= 0.3 is 5.97 Å². The number of carbonyl (C=O) groups is 2. The minimum Gasteiger partial charge on any atom is -0.469 e. The minimum absolute atomic E-state index is 0.177. The monoisotopic (exact) mass is 299 g/mol. The van der Waals surface area contributed by atoms with E-state index >= 15 is 0 Å². The van der Waals surface area contributed by atoms with Crippen LogP contribution in [0.5, 0.6) is 0 Å². The first-order valence-electron chi connectivity index (χ1n) is 7.21. The van der Waals surface area contributed by atoms with Gasteiger partial charge < -0.3 is 14.1 Å². The van der Waals surface area contributed by atoms with Gasteiger partial charge in [0.1, 0.15) is 11.3 Å². The quantitative estimate of drug-likeness (QED) is 0.816. The number of esters is 1. The molecular formula is C17H17NO4. The number of rotatable bonds is 3. The predicted molar refractivity (Wildman–Crippen MR) is 79.3 cm³/mol. The molecule has 1 amide bonds. The summed E-state index contributed by atoms with van der Waals surface area (Å²) in [5, 5.41) is 0. The van der Waals surface area contributed by atoms with Crippen LogP contribution in [-0.4, -0.2) is 29.9 Å². The lowest BCUT2D eigenvalue weighted by atomic mass is 10.00. The molecule has 0 N–H and O–H groups in total. The predicted octanol–water partition coefficient (Wildman–Crippen LogP) is 2.33. The van der Waals surface area contributed by atoms with Crippen LogP contribution in [0, 0.1) is 6.92 Å². The number of aryl methyl sites for hydroxylation is 1. The molecule has 1 aliphatic heterocycles. The van der Waals surface area contributed by atoms with E-state index in [2.05, 4.69) is 6.07 Å². The highest BCUT2D eigenvalue weighted by atomic mass is 16.5. The Bertz CT molecular complexity index is 704. The van der Waals surface area contributed by atoms with Crippen molar-refractivity contribution in [2.45, 2.75) is 19.9 Å². The number of ether oxygens (including phenoxy) is 1. The molecule has 0 atom stereocenters. The molecule has 0 radical (unpaired) electrons. The third kappa shape index (κ3) is 2.88. The van der Waals surface area contributed by atoms with E-state index in [-0.39, 0.29) is 12.5 Å². The molecule has 0 aliphatic carbocycles. The number of fused-ring (bicyclic) bond motifs is 1. The number of hydrogen-bond acceptors (Lipinski definition) is 4. The molecule has 1 aliphatic rings. The van der Waals surface area contributed by atoms with Crippen LogP contribution < -0.4 is 0 Å². The number of nitrogens with zero attached hydrogens (tertiary/aromatic N) is 1. The molecule has 0 saturated carbocycles. The topological polar surface area (TPSA) is 59.8 Å². The Labute approximate surface area is 128 Å². The second kappa shape index (κ2) is 6.05. The van der Waals surface area contributed by atoms with Crippen LogP contribution in [0.15, 0.2) is 41.0 Å². The zero-order valence-electron chi connectivity index (χ0n) is 12.4. The van der Waals surface area contributed by atoms with Gasteiger partial charge in [0.2, 0.25) is 0 Å². The number of furan rings is 1. The summed E-state index contributed by atoms with van der Waals surface area (Å²) in [6.45, 7) is 2.65. The Kier molecular flexibility index (Phi) is 3.96. The second-order valence-electron chi connectivity index (χ2n) is 5.30. The molecule has 5 nitrogen and oxygen atoms in total. The lowest BCUT2D eigenvalue weighted by molar-refractivity contribution is -0.135. The fraction of sp³-hybridized carbons (Fsp3) is 0.294. The normalized spacial score (nSPS) is 13.6. The van der Waals surface area contributed by atoms with Crippen molar-refractivity contribution < 1.29 is 18.7 Å². The van der Waals surface area contributed by atoms with Crippen molar-refractivity contribution in [2.24, 2.45) is 0 Å². The van der Waals surface area contributed by atoms with Gasteiger partial charge in [-0.1, -0.05) is 24.3 Å². The van der Waals surface area contributed by atoms with E-state index in [0.29, 0.717) is 24.4 Å². The highest BCUT2D eigenvalue weighted by Gasteiger charge is 2.22. The summed E-state index contributed by atoms with van der Waals surface area (Å²) in [5.74, 6) is -0.217. The lowest BCUT2D eigenvalue weighted by Gasteiger charge is -2.28. The number of hydrogen-bond donors (Lipinski definition) is 0. The molecule has 114 valence electrons. The van der Waals surface area contributed by atoms with Gasteiger partial charge in [-0.25, -0.2) is 4.79 Å². The summed E-state index contributed by atoms with van der Waals surface area (Å²) in [5.41, 5.74) is 2.79.